The summed E-state index contributed by atoms with van der Waals surface area (Å²) in [7, 11) is 0. The Morgan fingerprint density at radius 3 is 2.50 bits per heavy atom. The average Bonchev–Trinajstić information content (AvgIpc) is 2.53. The van der Waals surface area contributed by atoms with Crippen LogP contribution in [0.25, 0.3) is 0 Å². The summed E-state index contributed by atoms with van der Waals surface area (Å²) in [6.07, 6.45) is -0.326. The maximum absolute atomic E-state index is 9.52. The number of hydrogen-bond acceptors (Lipinski definition) is 2. The van der Waals surface area contributed by atoms with Crippen molar-refractivity contribution in [3.8, 4) is 0 Å². The molecule has 2 rings (SSSR count). The van der Waals surface area contributed by atoms with Gasteiger partial charge < -0.3 is 9.84 Å². The first-order valence-corrected chi connectivity index (χ1v) is 4.18. The Bertz CT molecular complexity index is 245. The van der Waals surface area contributed by atoms with Crippen LogP contribution in [0.3, 0.4) is 0 Å². The summed E-state index contributed by atoms with van der Waals surface area (Å²) in [5, 5.41) is 9.52. The lowest BCUT2D eigenvalue weighted by molar-refractivity contribution is 0.124. The van der Waals surface area contributed by atoms with Gasteiger partial charge in [-0.15, -0.1) is 0 Å². The molecule has 2 atom stereocenters. The third-order valence-electron chi connectivity index (χ3n) is 2.28. The van der Waals surface area contributed by atoms with E-state index in [1.165, 1.54) is 5.56 Å². The number of aliphatic hydroxyl groups excluding tert-OH is 1. The zero-order valence-corrected chi connectivity index (χ0v) is 6.81. The summed E-state index contributed by atoms with van der Waals surface area (Å²) in [6, 6.07) is 10.0. The Balaban J connectivity index is 2.19. The molecule has 0 aliphatic carbocycles. The van der Waals surface area contributed by atoms with Gasteiger partial charge in [-0.25, -0.2) is 0 Å². The van der Waals surface area contributed by atoms with Gasteiger partial charge in [0.2, 0.25) is 0 Å². The van der Waals surface area contributed by atoms with Crippen LogP contribution in [-0.4, -0.2) is 24.4 Å². The Hall–Kier alpha value is -0.860. The molecule has 2 heteroatoms. The number of rotatable bonds is 1. The Labute approximate surface area is 71.8 Å². The lowest BCUT2D eigenvalue weighted by Crippen LogP contribution is -2.15. The van der Waals surface area contributed by atoms with E-state index >= 15 is 0 Å². The maximum atomic E-state index is 9.52. The normalized spacial score (nSPS) is 29.1. The monoisotopic (exact) mass is 164 g/mol. The van der Waals surface area contributed by atoms with Crippen molar-refractivity contribution >= 4 is 0 Å². The standard InChI is InChI=1S/C10H12O2/c11-10-7-12-6-9(10)8-4-2-1-3-5-8/h1-5,9-11H,6-7H2/t9-,10-/m0/s1. The lowest BCUT2D eigenvalue weighted by atomic mass is 9.97. The molecule has 0 saturated carbocycles. The predicted octanol–water partition coefficient (Wildman–Crippen LogP) is 1.16. The summed E-state index contributed by atoms with van der Waals surface area (Å²) in [5.41, 5.74) is 1.17. The molecule has 1 aromatic carbocycles. The smallest absolute Gasteiger partial charge is 0.0864 e. The first-order valence-electron chi connectivity index (χ1n) is 4.18. The van der Waals surface area contributed by atoms with Gasteiger partial charge in [0, 0.05) is 5.92 Å². The fraction of sp³-hybridized carbons (Fsp3) is 0.400. The first kappa shape index (κ1) is 7.77. The van der Waals surface area contributed by atoms with Crippen molar-refractivity contribution in [1.82, 2.24) is 0 Å². The molecule has 0 unspecified atom stereocenters. The van der Waals surface area contributed by atoms with Crippen molar-refractivity contribution in [3.63, 3.8) is 0 Å². The average molecular weight is 164 g/mol. The number of hydrogen-bond donors (Lipinski definition) is 1. The summed E-state index contributed by atoms with van der Waals surface area (Å²) < 4.78 is 5.17. The quantitative estimate of drug-likeness (QED) is 0.675. The van der Waals surface area contributed by atoms with E-state index in [1.54, 1.807) is 0 Å². The molecule has 1 aromatic rings. The van der Waals surface area contributed by atoms with Crippen LogP contribution < -0.4 is 0 Å². The van der Waals surface area contributed by atoms with E-state index in [4.69, 9.17) is 4.74 Å². The van der Waals surface area contributed by atoms with E-state index in [1.807, 2.05) is 30.3 Å². The Kier molecular flexibility index (Phi) is 2.11. The first-order chi connectivity index (χ1) is 5.88. The van der Waals surface area contributed by atoms with Crippen LogP contribution in [0.2, 0.25) is 0 Å². The largest absolute Gasteiger partial charge is 0.390 e. The minimum absolute atomic E-state index is 0.172. The highest BCUT2D eigenvalue weighted by molar-refractivity contribution is 5.21. The summed E-state index contributed by atoms with van der Waals surface area (Å²) in [5.74, 6) is 0.172. The lowest BCUT2D eigenvalue weighted by Gasteiger charge is -2.11. The SMILES string of the molecule is O[C@H]1COC[C@H]1c1ccccc1. The molecule has 2 nitrogen and oxygen atoms in total. The number of aliphatic hydroxyl groups is 1. The van der Waals surface area contributed by atoms with Crippen LogP contribution in [0, 0.1) is 0 Å². The van der Waals surface area contributed by atoms with Gasteiger partial charge in [0.1, 0.15) is 0 Å². The zero-order chi connectivity index (χ0) is 8.39. The van der Waals surface area contributed by atoms with Crippen molar-refractivity contribution in [2.24, 2.45) is 0 Å². The second-order valence-electron chi connectivity index (χ2n) is 3.12. The number of benzene rings is 1. The van der Waals surface area contributed by atoms with Crippen molar-refractivity contribution in [3.05, 3.63) is 35.9 Å². The van der Waals surface area contributed by atoms with Gasteiger partial charge >= 0.3 is 0 Å². The van der Waals surface area contributed by atoms with Gasteiger partial charge in [-0.3, -0.25) is 0 Å². The molecule has 64 valence electrons. The fourth-order valence-corrected chi connectivity index (χ4v) is 1.56. The maximum Gasteiger partial charge on any atom is 0.0864 e. The second kappa shape index (κ2) is 3.25. The molecule has 1 fully saturated rings. The third-order valence-corrected chi connectivity index (χ3v) is 2.28. The number of ether oxygens (including phenoxy) is 1. The summed E-state index contributed by atoms with van der Waals surface area (Å²) in [6.45, 7) is 1.12. The topological polar surface area (TPSA) is 29.5 Å². The third kappa shape index (κ3) is 1.36. The van der Waals surface area contributed by atoms with Crippen molar-refractivity contribution in [2.75, 3.05) is 13.2 Å². The van der Waals surface area contributed by atoms with Gasteiger partial charge in [0.05, 0.1) is 19.3 Å². The van der Waals surface area contributed by atoms with Crippen LogP contribution in [0.1, 0.15) is 11.5 Å². The highest BCUT2D eigenvalue weighted by atomic mass is 16.5. The van der Waals surface area contributed by atoms with Crippen molar-refractivity contribution in [2.45, 2.75) is 12.0 Å². The summed E-state index contributed by atoms with van der Waals surface area (Å²) >= 11 is 0. The van der Waals surface area contributed by atoms with Crippen LogP contribution in [-0.2, 0) is 4.74 Å². The molecular formula is C10H12O2. The summed E-state index contributed by atoms with van der Waals surface area (Å²) in [4.78, 5) is 0. The van der Waals surface area contributed by atoms with Crippen LogP contribution in [0.4, 0.5) is 0 Å². The molecule has 1 aliphatic heterocycles. The highest BCUT2D eigenvalue weighted by Crippen LogP contribution is 2.24. The molecule has 12 heavy (non-hydrogen) atoms. The van der Waals surface area contributed by atoms with Gasteiger partial charge in [0.15, 0.2) is 0 Å². The van der Waals surface area contributed by atoms with Crippen LogP contribution in [0.5, 0.6) is 0 Å². The predicted molar refractivity (Wildman–Crippen MR) is 46.0 cm³/mol. The zero-order valence-electron chi connectivity index (χ0n) is 6.81. The Morgan fingerprint density at radius 1 is 1.17 bits per heavy atom. The second-order valence-corrected chi connectivity index (χ2v) is 3.12. The van der Waals surface area contributed by atoms with Gasteiger partial charge in [-0.2, -0.15) is 0 Å². The van der Waals surface area contributed by atoms with E-state index in [9.17, 15) is 5.11 Å². The molecule has 0 amide bonds. The van der Waals surface area contributed by atoms with Gasteiger partial charge in [-0.1, -0.05) is 30.3 Å². The molecule has 1 N–H and O–H groups in total. The van der Waals surface area contributed by atoms with Crippen LogP contribution >= 0.6 is 0 Å². The molecule has 1 saturated heterocycles. The highest BCUT2D eigenvalue weighted by Gasteiger charge is 2.27. The minimum Gasteiger partial charge on any atom is -0.390 e. The fourth-order valence-electron chi connectivity index (χ4n) is 1.56. The molecule has 0 radical (unpaired) electrons. The Morgan fingerprint density at radius 2 is 1.92 bits per heavy atom. The minimum atomic E-state index is -0.326. The van der Waals surface area contributed by atoms with Crippen LogP contribution in [0.15, 0.2) is 30.3 Å². The van der Waals surface area contributed by atoms with Crippen molar-refractivity contribution < 1.29 is 9.84 Å². The van der Waals surface area contributed by atoms with E-state index in [-0.39, 0.29) is 12.0 Å². The molecule has 0 aromatic heterocycles. The van der Waals surface area contributed by atoms with Gasteiger partial charge in [0.25, 0.3) is 0 Å². The van der Waals surface area contributed by atoms with Crippen molar-refractivity contribution in [1.29, 1.82) is 0 Å². The molecule has 0 spiro atoms. The van der Waals surface area contributed by atoms with E-state index < -0.39 is 0 Å². The molecule has 1 heterocycles. The van der Waals surface area contributed by atoms with E-state index in [2.05, 4.69) is 0 Å². The molecule has 1 aliphatic rings. The van der Waals surface area contributed by atoms with Gasteiger partial charge in [-0.05, 0) is 5.56 Å². The molecular weight excluding hydrogens is 152 g/mol. The van der Waals surface area contributed by atoms with E-state index in [0.717, 1.165) is 0 Å². The van der Waals surface area contributed by atoms with E-state index in [0.29, 0.717) is 13.2 Å². The molecule has 0 bridgehead atoms.